The Hall–Kier alpha value is -2.92. The first-order valence-electron chi connectivity index (χ1n) is 8.13. The molecule has 1 aromatic rings. The second-order valence-electron chi connectivity index (χ2n) is 5.26. The maximum absolute atomic E-state index is 12.0. The SMILES string of the molecule is CCN(CC)CCCN/C=C(/C#N)C(=O)Nc1ccc([N+](=O)[O-])cc1. The molecule has 0 heterocycles. The topological polar surface area (TPSA) is 111 Å². The molecule has 0 aliphatic heterocycles. The normalized spacial score (nSPS) is 11.0. The van der Waals surface area contributed by atoms with Crippen LogP contribution in [0.2, 0.25) is 0 Å². The number of hydrogen-bond acceptors (Lipinski definition) is 6. The molecule has 0 saturated carbocycles. The summed E-state index contributed by atoms with van der Waals surface area (Å²) in [5, 5.41) is 25.2. The van der Waals surface area contributed by atoms with Gasteiger partial charge in [0.15, 0.2) is 0 Å². The van der Waals surface area contributed by atoms with E-state index in [1.165, 1.54) is 30.5 Å². The third-order valence-electron chi connectivity index (χ3n) is 3.64. The summed E-state index contributed by atoms with van der Waals surface area (Å²) in [7, 11) is 0. The zero-order valence-corrected chi connectivity index (χ0v) is 14.5. The molecule has 0 bridgehead atoms. The van der Waals surface area contributed by atoms with Crippen LogP contribution in [0.5, 0.6) is 0 Å². The van der Waals surface area contributed by atoms with Gasteiger partial charge in [-0.15, -0.1) is 0 Å². The molecule has 0 atom stereocenters. The van der Waals surface area contributed by atoms with Crippen molar-refractivity contribution in [1.29, 1.82) is 5.26 Å². The predicted octanol–water partition coefficient (Wildman–Crippen LogP) is 2.26. The first-order valence-corrected chi connectivity index (χ1v) is 8.13. The number of rotatable bonds is 10. The number of benzene rings is 1. The lowest BCUT2D eigenvalue weighted by molar-refractivity contribution is -0.384. The van der Waals surface area contributed by atoms with Crippen molar-refractivity contribution in [2.24, 2.45) is 0 Å². The fourth-order valence-electron chi connectivity index (χ4n) is 2.13. The lowest BCUT2D eigenvalue weighted by atomic mass is 10.2. The Morgan fingerprint density at radius 3 is 2.48 bits per heavy atom. The van der Waals surface area contributed by atoms with E-state index in [4.69, 9.17) is 5.26 Å². The minimum absolute atomic E-state index is 0.0545. The molecule has 1 rings (SSSR count). The van der Waals surface area contributed by atoms with Crippen molar-refractivity contribution in [3.8, 4) is 6.07 Å². The third-order valence-corrected chi connectivity index (χ3v) is 3.64. The van der Waals surface area contributed by atoms with Gasteiger partial charge in [-0.25, -0.2) is 0 Å². The second-order valence-corrected chi connectivity index (χ2v) is 5.26. The highest BCUT2D eigenvalue weighted by molar-refractivity contribution is 6.06. The van der Waals surface area contributed by atoms with E-state index in [9.17, 15) is 14.9 Å². The summed E-state index contributed by atoms with van der Waals surface area (Å²) in [6.45, 7) is 7.80. The molecule has 0 aliphatic carbocycles. The Morgan fingerprint density at radius 2 is 1.96 bits per heavy atom. The number of carbonyl (C=O) groups excluding carboxylic acids is 1. The molecule has 0 radical (unpaired) electrons. The fraction of sp³-hybridized carbons (Fsp3) is 0.412. The van der Waals surface area contributed by atoms with Crippen molar-refractivity contribution in [3.63, 3.8) is 0 Å². The zero-order chi connectivity index (χ0) is 18.7. The third kappa shape index (κ3) is 7.01. The maximum atomic E-state index is 12.0. The van der Waals surface area contributed by atoms with Crippen LogP contribution in [0.25, 0.3) is 0 Å². The molecule has 25 heavy (non-hydrogen) atoms. The van der Waals surface area contributed by atoms with E-state index in [0.717, 1.165) is 26.1 Å². The van der Waals surface area contributed by atoms with E-state index in [2.05, 4.69) is 29.4 Å². The summed E-state index contributed by atoms with van der Waals surface area (Å²) >= 11 is 0. The molecule has 1 aromatic carbocycles. The molecular weight excluding hydrogens is 322 g/mol. The lowest BCUT2D eigenvalue weighted by Gasteiger charge is -2.17. The molecule has 0 saturated heterocycles. The Bertz CT molecular complexity index is 645. The number of nitro groups is 1. The Labute approximate surface area is 147 Å². The first kappa shape index (κ1) is 20.1. The minimum atomic E-state index is -0.562. The summed E-state index contributed by atoms with van der Waals surface area (Å²) in [5.74, 6) is -0.562. The average Bonchev–Trinajstić information content (AvgIpc) is 2.61. The van der Waals surface area contributed by atoms with Crippen LogP contribution < -0.4 is 10.6 Å². The van der Waals surface area contributed by atoms with E-state index < -0.39 is 10.8 Å². The molecule has 2 N–H and O–H groups in total. The number of anilines is 1. The Balaban J connectivity index is 2.51. The molecular formula is C17H23N5O3. The Morgan fingerprint density at radius 1 is 1.32 bits per heavy atom. The number of nitro benzene ring substituents is 1. The molecule has 8 heteroatoms. The molecule has 1 amide bonds. The van der Waals surface area contributed by atoms with Gasteiger partial charge in [0.25, 0.3) is 11.6 Å². The number of amides is 1. The molecule has 0 unspecified atom stereocenters. The van der Waals surface area contributed by atoms with Crippen molar-refractivity contribution >= 4 is 17.3 Å². The van der Waals surface area contributed by atoms with Crippen LogP contribution in [0.15, 0.2) is 36.0 Å². The number of hydrogen-bond donors (Lipinski definition) is 2. The van der Waals surface area contributed by atoms with E-state index in [1.807, 2.05) is 6.07 Å². The second kappa shape index (κ2) is 10.8. The summed E-state index contributed by atoms with van der Waals surface area (Å²) in [6.07, 6.45) is 2.30. The standard InChI is InChI=1S/C17H23N5O3/c1-3-21(4-2)11-5-10-19-13-14(12-18)17(23)20-15-6-8-16(9-7-15)22(24)25/h6-9,13,19H,3-5,10-11H2,1-2H3,(H,20,23)/b14-13-. The summed E-state index contributed by atoms with van der Waals surface area (Å²) in [4.78, 5) is 24.4. The fourth-order valence-corrected chi connectivity index (χ4v) is 2.13. The summed E-state index contributed by atoms with van der Waals surface area (Å²) in [6, 6.07) is 7.26. The van der Waals surface area contributed by atoms with E-state index in [0.29, 0.717) is 12.2 Å². The average molecular weight is 345 g/mol. The highest BCUT2D eigenvalue weighted by Crippen LogP contribution is 2.15. The van der Waals surface area contributed by atoms with E-state index in [1.54, 1.807) is 0 Å². The molecule has 8 nitrogen and oxygen atoms in total. The van der Waals surface area contributed by atoms with Crippen LogP contribution in [0.1, 0.15) is 20.3 Å². The molecule has 0 aromatic heterocycles. The Kier molecular flexibility index (Phi) is 8.68. The number of carbonyl (C=O) groups is 1. The van der Waals surface area contributed by atoms with Crippen LogP contribution in [-0.2, 0) is 4.79 Å². The van der Waals surface area contributed by atoms with Gasteiger partial charge in [0, 0.05) is 30.6 Å². The molecule has 0 fully saturated rings. The van der Waals surface area contributed by atoms with Crippen LogP contribution in [-0.4, -0.2) is 41.9 Å². The van der Waals surface area contributed by atoms with Crippen LogP contribution >= 0.6 is 0 Å². The predicted molar refractivity (Wildman–Crippen MR) is 95.8 cm³/mol. The monoisotopic (exact) mass is 345 g/mol. The summed E-state index contributed by atoms with van der Waals surface area (Å²) in [5.41, 5.74) is 0.267. The number of non-ortho nitro benzene ring substituents is 1. The highest BCUT2D eigenvalue weighted by Gasteiger charge is 2.10. The quantitative estimate of drug-likeness (QED) is 0.221. The van der Waals surface area contributed by atoms with Crippen molar-refractivity contribution in [2.75, 3.05) is 31.5 Å². The van der Waals surface area contributed by atoms with Crippen molar-refractivity contribution in [1.82, 2.24) is 10.2 Å². The van der Waals surface area contributed by atoms with Gasteiger partial charge in [-0.1, -0.05) is 13.8 Å². The first-order chi connectivity index (χ1) is 12.0. The van der Waals surface area contributed by atoms with Gasteiger partial charge in [0.05, 0.1) is 4.92 Å². The zero-order valence-electron chi connectivity index (χ0n) is 14.5. The van der Waals surface area contributed by atoms with Gasteiger partial charge in [0.1, 0.15) is 11.6 Å². The van der Waals surface area contributed by atoms with Gasteiger partial charge >= 0.3 is 0 Å². The minimum Gasteiger partial charge on any atom is -0.390 e. The molecule has 134 valence electrons. The number of nitriles is 1. The van der Waals surface area contributed by atoms with Crippen molar-refractivity contribution in [2.45, 2.75) is 20.3 Å². The highest BCUT2D eigenvalue weighted by atomic mass is 16.6. The van der Waals surface area contributed by atoms with Gasteiger partial charge < -0.3 is 15.5 Å². The lowest BCUT2D eigenvalue weighted by Crippen LogP contribution is -2.26. The molecule has 0 aliphatic rings. The van der Waals surface area contributed by atoms with Gasteiger partial charge in [0.2, 0.25) is 0 Å². The maximum Gasteiger partial charge on any atom is 0.269 e. The van der Waals surface area contributed by atoms with E-state index in [-0.39, 0.29) is 11.3 Å². The van der Waals surface area contributed by atoms with Crippen LogP contribution in [0, 0.1) is 21.4 Å². The van der Waals surface area contributed by atoms with E-state index >= 15 is 0 Å². The van der Waals surface area contributed by atoms with Crippen molar-refractivity contribution < 1.29 is 9.72 Å². The van der Waals surface area contributed by atoms with Crippen molar-refractivity contribution in [3.05, 3.63) is 46.2 Å². The smallest absolute Gasteiger partial charge is 0.269 e. The largest absolute Gasteiger partial charge is 0.390 e. The van der Waals surface area contributed by atoms with Gasteiger partial charge in [-0.05, 0) is 38.2 Å². The number of nitrogens with zero attached hydrogens (tertiary/aromatic N) is 3. The number of nitrogens with one attached hydrogen (secondary N) is 2. The molecule has 0 spiro atoms. The summed E-state index contributed by atoms with van der Waals surface area (Å²) < 4.78 is 0. The van der Waals surface area contributed by atoms with Gasteiger partial charge in [-0.3, -0.25) is 14.9 Å². The van der Waals surface area contributed by atoms with Gasteiger partial charge in [-0.2, -0.15) is 5.26 Å². The van der Waals surface area contributed by atoms with Crippen LogP contribution in [0.4, 0.5) is 11.4 Å². The van der Waals surface area contributed by atoms with Crippen LogP contribution in [0.3, 0.4) is 0 Å².